The highest BCUT2D eigenvalue weighted by atomic mass is 14.9. The zero-order valence-electron chi connectivity index (χ0n) is 6.12. The van der Waals surface area contributed by atoms with Crippen molar-refractivity contribution in [3.8, 4) is 0 Å². The van der Waals surface area contributed by atoms with E-state index in [-0.39, 0.29) is 0 Å². The third kappa shape index (κ3) is 0.917. The molecule has 1 aromatic carbocycles. The maximum absolute atomic E-state index is 5.52. The van der Waals surface area contributed by atoms with Gasteiger partial charge in [-0.25, -0.2) is 0 Å². The van der Waals surface area contributed by atoms with Gasteiger partial charge in [0.1, 0.15) is 0 Å². The number of hydrogen-bond acceptors (Lipinski definition) is 1. The average molecular weight is 145 g/mol. The first-order valence-electron chi connectivity index (χ1n) is 3.61. The van der Waals surface area contributed by atoms with Crippen LogP contribution in [-0.2, 0) is 0 Å². The fraction of sp³-hybridized carbons (Fsp3) is 0.111. The maximum Gasteiger partial charge on any atom is 0.0705 e. The number of nitrogens with two attached hydrogens (primary N) is 1. The van der Waals surface area contributed by atoms with Crippen molar-refractivity contribution in [3.63, 3.8) is 0 Å². The molecule has 1 aliphatic heterocycles. The van der Waals surface area contributed by atoms with Crippen LogP contribution < -0.4 is 11.1 Å². The monoisotopic (exact) mass is 145 g/mol. The molecular weight excluding hydrogens is 136 g/mol. The minimum Gasteiger partial charge on any atom is -0.326 e. The van der Waals surface area contributed by atoms with Crippen LogP contribution in [-0.4, -0.2) is 6.54 Å². The minimum absolute atomic E-state index is 0.570. The highest BCUT2D eigenvalue weighted by Gasteiger charge is 2.11. The van der Waals surface area contributed by atoms with Gasteiger partial charge in [-0.3, -0.25) is 5.32 Å². The number of rotatable bonds is 1. The lowest BCUT2D eigenvalue weighted by molar-refractivity contribution is 1.21. The van der Waals surface area contributed by atoms with Crippen LogP contribution in [0.25, 0.3) is 5.57 Å². The largest absolute Gasteiger partial charge is 0.326 e. The zero-order chi connectivity index (χ0) is 7.68. The molecule has 2 heteroatoms. The van der Waals surface area contributed by atoms with Gasteiger partial charge in [-0.1, -0.05) is 18.2 Å². The standard InChI is InChI=1S/C9H9N2/c10-5-7-6-11-9-4-2-1-3-8(7)9/h1-4,6H,5,10H2. The lowest BCUT2D eigenvalue weighted by atomic mass is 10.1. The molecule has 2 nitrogen and oxygen atoms in total. The number of hydrogen-bond donors (Lipinski definition) is 1. The molecule has 1 heterocycles. The quantitative estimate of drug-likeness (QED) is 0.634. The van der Waals surface area contributed by atoms with Crippen molar-refractivity contribution < 1.29 is 0 Å². The van der Waals surface area contributed by atoms with Crippen molar-refractivity contribution in [1.82, 2.24) is 5.32 Å². The molecule has 0 saturated carbocycles. The third-order valence-corrected chi connectivity index (χ3v) is 1.83. The van der Waals surface area contributed by atoms with Gasteiger partial charge < -0.3 is 5.73 Å². The van der Waals surface area contributed by atoms with Crippen LogP contribution in [0.4, 0.5) is 5.69 Å². The summed E-state index contributed by atoms with van der Waals surface area (Å²) in [5.74, 6) is 0. The molecule has 2 rings (SSSR count). The lowest BCUT2D eigenvalue weighted by Gasteiger charge is -1.98. The van der Waals surface area contributed by atoms with E-state index in [1.54, 1.807) is 0 Å². The molecule has 55 valence electrons. The molecule has 1 aromatic rings. The fourth-order valence-corrected chi connectivity index (χ4v) is 1.24. The summed E-state index contributed by atoms with van der Waals surface area (Å²) in [5, 5.41) is 4.21. The highest BCUT2D eigenvalue weighted by molar-refractivity contribution is 5.79. The minimum atomic E-state index is 0.570. The van der Waals surface area contributed by atoms with E-state index in [4.69, 9.17) is 5.73 Å². The zero-order valence-corrected chi connectivity index (χ0v) is 6.12. The van der Waals surface area contributed by atoms with Gasteiger partial charge in [0, 0.05) is 18.3 Å². The first-order valence-corrected chi connectivity index (χ1v) is 3.61. The molecule has 1 aliphatic rings. The fourth-order valence-electron chi connectivity index (χ4n) is 1.24. The summed E-state index contributed by atoms with van der Waals surface area (Å²) in [5.41, 5.74) is 8.86. The van der Waals surface area contributed by atoms with E-state index in [2.05, 4.69) is 5.32 Å². The van der Waals surface area contributed by atoms with E-state index in [1.165, 1.54) is 5.56 Å². The van der Waals surface area contributed by atoms with Gasteiger partial charge >= 0.3 is 0 Å². The topological polar surface area (TPSA) is 40.1 Å². The summed E-state index contributed by atoms with van der Waals surface area (Å²) in [6.07, 6.45) is 1.84. The molecule has 0 unspecified atom stereocenters. The van der Waals surface area contributed by atoms with Crippen LogP contribution >= 0.6 is 0 Å². The molecular formula is C9H9N2. The molecule has 0 amide bonds. The Balaban J connectivity index is 2.48. The lowest BCUT2D eigenvalue weighted by Crippen LogP contribution is -1.99. The Morgan fingerprint density at radius 2 is 2.09 bits per heavy atom. The Kier molecular flexibility index (Phi) is 1.40. The normalized spacial score (nSPS) is 13.7. The molecule has 1 radical (unpaired) electrons. The van der Waals surface area contributed by atoms with E-state index >= 15 is 0 Å². The summed E-state index contributed by atoms with van der Waals surface area (Å²) < 4.78 is 0. The van der Waals surface area contributed by atoms with Gasteiger partial charge in [0.2, 0.25) is 0 Å². The number of para-hydroxylation sites is 1. The summed E-state index contributed by atoms with van der Waals surface area (Å²) in [7, 11) is 0. The van der Waals surface area contributed by atoms with E-state index in [9.17, 15) is 0 Å². The van der Waals surface area contributed by atoms with Crippen molar-refractivity contribution in [2.75, 3.05) is 6.54 Å². The highest BCUT2D eigenvalue weighted by Crippen LogP contribution is 2.28. The van der Waals surface area contributed by atoms with Crippen molar-refractivity contribution in [2.24, 2.45) is 5.73 Å². The van der Waals surface area contributed by atoms with Crippen LogP contribution in [0.3, 0.4) is 0 Å². The number of benzene rings is 1. The number of fused-ring (bicyclic) bond motifs is 1. The SMILES string of the molecule is NCC1=C[N]c2ccccc21. The van der Waals surface area contributed by atoms with Crippen LogP contribution in [0.1, 0.15) is 5.56 Å². The van der Waals surface area contributed by atoms with Gasteiger partial charge in [0.15, 0.2) is 0 Å². The molecule has 0 atom stereocenters. The second-order valence-corrected chi connectivity index (χ2v) is 2.50. The van der Waals surface area contributed by atoms with Gasteiger partial charge in [-0.05, 0) is 11.6 Å². The van der Waals surface area contributed by atoms with E-state index in [0.717, 1.165) is 11.3 Å². The molecule has 0 aliphatic carbocycles. The van der Waals surface area contributed by atoms with E-state index in [0.29, 0.717) is 6.54 Å². The summed E-state index contributed by atoms with van der Waals surface area (Å²) in [4.78, 5) is 0. The van der Waals surface area contributed by atoms with Crippen LogP contribution in [0.5, 0.6) is 0 Å². The van der Waals surface area contributed by atoms with Crippen LogP contribution in [0.2, 0.25) is 0 Å². The molecule has 0 spiro atoms. The molecule has 11 heavy (non-hydrogen) atoms. The summed E-state index contributed by atoms with van der Waals surface area (Å²) >= 11 is 0. The Morgan fingerprint density at radius 1 is 1.27 bits per heavy atom. The van der Waals surface area contributed by atoms with E-state index in [1.807, 2.05) is 30.5 Å². The molecule has 0 bridgehead atoms. The predicted molar refractivity (Wildman–Crippen MR) is 45.3 cm³/mol. The second-order valence-electron chi connectivity index (χ2n) is 2.50. The van der Waals surface area contributed by atoms with Crippen molar-refractivity contribution in [3.05, 3.63) is 36.0 Å². The van der Waals surface area contributed by atoms with Crippen LogP contribution in [0.15, 0.2) is 30.5 Å². The van der Waals surface area contributed by atoms with Gasteiger partial charge in [-0.15, -0.1) is 0 Å². The van der Waals surface area contributed by atoms with Gasteiger partial charge in [0.05, 0.1) is 5.69 Å². The Labute approximate surface area is 65.7 Å². The van der Waals surface area contributed by atoms with Crippen LogP contribution in [0, 0.1) is 0 Å². The number of nitrogens with zero attached hydrogens (tertiary/aromatic N) is 1. The first-order chi connectivity index (χ1) is 5.42. The Morgan fingerprint density at radius 3 is 2.91 bits per heavy atom. The second kappa shape index (κ2) is 2.40. The van der Waals surface area contributed by atoms with Gasteiger partial charge in [-0.2, -0.15) is 0 Å². The molecule has 0 aromatic heterocycles. The van der Waals surface area contributed by atoms with Crippen molar-refractivity contribution >= 4 is 11.3 Å². The summed E-state index contributed by atoms with van der Waals surface area (Å²) in [6, 6.07) is 8.03. The molecule has 2 N–H and O–H groups in total. The van der Waals surface area contributed by atoms with E-state index < -0.39 is 0 Å². The predicted octanol–water partition coefficient (Wildman–Crippen LogP) is 1.24. The Bertz CT molecular complexity index is 302. The third-order valence-electron chi connectivity index (χ3n) is 1.83. The Hall–Kier alpha value is -1.28. The average Bonchev–Trinajstić information content (AvgIpc) is 2.47. The smallest absolute Gasteiger partial charge is 0.0705 e. The van der Waals surface area contributed by atoms with Crippen molar-refractivity contribution in [1.29, 1.82) is 0 Å². The summed E-state index contributed by atoms with van der Waals surface area (Å²) in [6.45, 7) is 0.570. The molecule has 0 fully saturated rings. The van der Waals surface area contributed by atoms with Crippen molar-refractivity contribution in [2.45, 2.75) is 0 Å². The molecule has 0 saturated heterocycles. The van der Waals surface area contributed by atoms with Gasteiger partial charge in [0.25, 0.3) is 0 Å². The maximum atomic E-state index is 5.52. The first kappa shape index (κ1) is 6.43.